The van der Waals surface area contributed by atoms with Crippen molar-refractivity contribution in [3.8, 4) is 5.75 Å². The second-order valence-electron chi connectivity index (χ2n) is 4.99. The summed E-state index contributed by atoms with van der Waals surface area (Å²) in [4.78, 5) is 12.1. The van der Waals surface area contributed by atoms with E-state index in [1.54, 1.807) is 18.2 Å². The van der Waals surface area contributed by atoms with Gasteiger partial charge in [0.2, 0.25) is 0 Å². The number of benzene rings is 2. The van der Waals surface area contributed by atoms with Gasteiger partial charge in [-0.15, -0.1) is 0 Å². The first-order chi connectivity index (χ1) is 10.6. The van der Waals surface area contributed by atoms with Gasteiger partial charge in [0.25, 0.3) is 0 Å². The maximum absolute atomic E-state index is 12.1. The van der Waals surface area contributed by atoms with E-state index in [2.05, 4.69) is 0 Å². The second-order valence-corrected chi connectivity index (χ2v) is 5.37. The maximum atomic E-state index is 12.1. The van der Waals surface area contributed by atoms with Gasteiger partial charge in [0.05, 0.1) is 10.6 Å². The van der Waals surface area contributed by atoms with Crippen molar-refractivity contribution in [3.05, 3.63) is 70.5 Å². The third kappa shape index (κ3) is 2.63. The Hall–Kier alpha value is -2.52. The number of furan rings is 1. The number of para-hydroxylation sites is 1. The predicted octanol–water partition coefficient (Wildman–Crippen LogP) is 5.00. The predicted molar refractivity (Wildman–Crippen MR) is 87.4 cm³/mol. The van der Waals surface area contributed by atoms with E-state index in [0.29, 0.717) is 16.4 Å². The smallest absolute Gasteiger partial charge is 0.189 e. The Morgan fingerprint density at radius 1 is 1.23 bits per heavy atom. The molecule has 1 N–H and O–H groups in total. The lowest BCUT2D eigenvalue weighted by molar-refractivity contribution is 0.104. The van der Waals surface area contributed by atoms with Crippen LogP contribution in [0.2, 0.25) is 5.02 Å². The molecule has 110 valence electrons. The van der Waals surface area contributed by atoms with Crippen molar-refractivity contribution in [2.75, 3.05) is 0 Å². The van der Waals surface area contributed by atoms with E-state index >= 15 is 0 Å². The minimum atomic E-state index is -0.311. The SMILES string of the molecule is Cc1ccc(C(=O)C=Cc2oc3ccccc3c2Cl)c(O)c1. The summed E-state index contributed by atoms with van der Waals surface area (Å²) in [5.74, 6) is 0.0715. The van der Waals surface area contributed by atoms with Gasteiger partial charge in [0.15, 0.2) is 5.78 Å². The van der Waals surface area contributed by atoms with Crippen molar-refractivity contribution in [1.82, 2.24) is 0 Å². The highest BCUT2D eigenvalue weighted by Crippen LogP contribution is 2.31. The molecular formula is C18H13ClO3. The number of hydrogen-bond donors (Lipinski definition) is 1. The first-order valence-corrected chi connectivity index (χ1v) is 7.13. The number of rotatable bonds is 3. The summed E-state index contributed by atoms with van der Waals surface area (Å²) in [7, 11) is 0. The third-order valence-electron chi connectivity index (χ3n) is 3.36. The Bertz CT molecular complexity index is 890. The number of fused-ring (bicyclic) bond motifs is 1. The fraction of sp³-hybridized carbons (Fsp3) is 0.0556. The molecule has 22 heavy (non-hydrogen) atoms. The summed E-state index contributed by atoms with van der Waals surface area (Å²) in [6, 6.07) is 12.3. The number of carbonyl (C=O) groups is 1. The summed E-state index contributed by atoms with van der Waals surface area (Å²) in [5, 5.41) is 11.1. The number of aryl methyl sites for hydroxylation is 1. The van der Waals surface area contributed by atoms with E-state index in [1.807, 2.05) is 31.2 Å². The summed E-state index contributed by atoms with van der Waals surface area (Å²) < 4.78 is 5.60. The lowest BCUT2D eigenvalue weighted by atomic mass is 10.1. The van der Waals surface area contributed by atoms with Crippen LogP contribution in [-0.2, 0) is 0 Å². The van der Waals surface area contributed by atoms with Crippen molar-refractivity contribution in [2.24, 2.45) is 0 Å². The number of ketones is 1. The molecular weight excluding hydrogens is 300 g/mol. The van der Waals surface area contributed by atoms with Crippen LogP contribution in [0.3, 0.4) is 0 Å². The van der Waals surface area contributed by atoms with Gasteiger partial charge in [0.1, 0.15) is 17.1 Å². The maximum Gasteiger partial charge on any atom is 0.189 e. The molecule has 0 aliphatic rings. The summed E-state index contributed by atoms with van der Waals surface area (Å²) in [5.41, 5.74) is 1.80. The third-order valence-corrected chi connectivity index (χ3v) is 3.75. The number of halogens is 1. The van der Waals surface area contributed by atoms with Crippen LogP contribution in [0.1, 0.15) is 21.7 Å². The Morgan fingerprint density at radius 2 is 2.00 bits per heavy atom. The van der Waals surface area contributed by atoms with E-state index in [4.69, 9.17) is 16.0 Å². The standard InChI is InChI=1S/C18H13ClO3/c1-11-6-7-12(15(21)10-11)14(20)8-9-17-18(19)13-4-2-3-5-16(13)22-17/h2-10,21H,1H3. The Kier molecular flexibility index (Phi) is 3.73. The molecule has 0 aliphatic carbocycles. The highest BCUT2D eigenvalue weighted by atomic mass is 35.5. The molecule has 3 nitrogen and oxygen atoms in total. The highest BCUT2D eigenvalue weighted by molar-refractivity contribution is 6.36. The Morgan fingerprint density at radius 3 is 2.73 bits per heavy atom. The number of carbonyl (C=O) groups excluding carboxylic acids is 1. The number of allylic oxidation sites excluding steroid dienone is 1. The molecule has 4 heteroatoms. The Balaban J connectivity index is 1.92. The zero-order valence-electron chi connectivity index (χ0n) is 11.8. The average molecular weight is 313 g/mol. The van der Waals surface area contributed by atoms with Crippen LogP contribution < -0.4 is 0 Å². The van der Waals surface area contributed by atoms with Gasteiger partial charge in [-0.25, -0.2) is 0 Å². The van der Waals surface area contributed by atoms with Crippen LogP contribution in [-0.4, -0.2) is 10.9 Å². The molecule has 1 aromatic heterocycles. The molecule has 0 bridgehead atoms. The minimum absolute atomic E-state index is 0.0367. The molecule has 2 aromatic carbocycles. The number of hydrogen-bond acceptors (Lipinski definition) is 3. The average Bonchev–Trinajstić information content (AvgIpc) is 2.82. The zero-order valence-corrected chi connectivity index (χ0v) is 12.6. The highest BCUT2D eigenvalue weighted by Gasteiger charge is 2.11. The number of aromatic hydroxyl groups is 1. The van der Waals surface area contributed by atoms with Gasteiger partial charge in [-0.1, -0.05) is 29.8 Å². The first kappa shape index (κ1) is 14.4. The fourth-order valence-electron chi connectivity index (χ4n) is 2.23. The van der Waals surface area contributed by atoms with Crippen molar-refractivity contribution in [1.29, 1.82) is 0 Å². The van der Waals surface area contributed by atoms with Crippen molar-refractivity contribution >= 4 is 34.4 Å². The van der Waals surface area contributed by atoms with E-state index in [-0.39, 0.29) is 17.1 Å². The lowest BCUT2D eigenvalue weighted by Gasteiger charge is -2.01. The molecule has 3 rings (SSSR count). The summed E-state index contributed by atoms with van der Waals surface area (Å²) in [6.45, 7) is 1.85. The monoisotopic (exact) mass is 312 g/mol. The van der Waals surface area contributed by atoms with Crippen molar-refractivity contribution < 1.29 is 14.3 Å². The molecule has 1 heterocycles. The van der Waals surface area contributed by atoms with Crippen LogP contribution in [0, 0.1) is 6.92 Å². The van der Waals surface area contributed by atoms with Crippen LogP contribution in [0.5, 0.6) is 5.75 Å². The minimum Gasteiger partial charge on any atom is -0.507 e. The van der Waals surface area contributed by atoms with Gasteiger partial charge in [-0.05, 0) is 48.9 Å². The van der Waals surface area contributed by atoms with E-state index in [1.165, 1.54) is 12.2 Å². The zero-order chi connectivity index (χ0) is 15.7. The van der Waals surface area contributed by atoms with E-state index < -0.39 is 0 Å². The molecule has 0 amide bonds. The molecule has 3 aromatic rings. The summed E-state index contributed by atoms with van der Waals surface area (Å²) in [6.07, 6.45) is 2.86. The lowest BCUT2D eigenvalue weighted by Crippen LogP contribution is -1.94. The molecule has 0 spiro atoms. The molecule has 0 atom stereocenters. The molecule has 0 radical (unpaired) electrons. The second kappa shape index (κ2) is 5.70. The van der Waals surface area contributed by atoms with Gasteiger partial charge >= 0.3 is 0 Å². The Labute approximate surface area is 132 Å². The molecule has 0 unspecified atom stereocenters. The normalized spacial score (nSPS) is 11.4. The van der Waals surface area contributed by atoms with Crippen LogP contribution in [0.25, 0.3) is 17.0 Å². The number of phenolic OH excluding ortho intramolecular Hbond substituents is 1. The van der Waals surface area contributed by atoms with Gasteiger partial charge in [0, 0.05) is 5.39 Å². The molecule has 0 saturated carbocycles. The van der Waals surface area contributed by atoms with E-state index in [9.17, 15) is 9.90 Å². The first-order valence-electron chi connectivity index (χ1n) is 6.75. The molecule has 0 saturated heterocycles. The quantitative estimate of drug-likeness (QED) is 0.547. The van der Waals surface area contributed by atoms with Crippen LogP contribution in [0.15, 0.2) is 53.0 Å². The van der Waals surface area contributed by atoms with Gasteiger partial charge in [-0.2, -0.15) is 0 Å². The topological polar surface area (TPSA) is 50.4 Å². The van der Waals surface area contributed by atoms with Crippen molar-refractivity contribution in [2.45, 2.75) is 6.92 Å². The summed E-state index contributed by atoms with van der Waals surface area (Å²) >= 11 is 6.23. The van der Waals surface area contributed by atoms with Crippen LogP contribution in [0.4, 0.5) is 0 Å². The largest absolute Gasteiger partial charge is 0.507 e. The van der Waals surface area contributed by atoms with Gasteiger partial charge < -0.3 is 9.52 Å². The number of phenols is 1. The van der Waals surface area contributed by atoms with Crippen molar-refractivity contribution in [3.63, 3.8) is 0 Å². The fourth-order valence-corrected chi connectivity index (χ4v) is 2.49. The van der Waals surface area contributed by atoms with Crippen LogP contribution >= 0.6 is 11.6 Å². The van der Waals surface area contributed by atoms with E-state index in [0.717, 1.165) is 10.9 Å². The van der Waals surface area contributed by atoms with Gasteiger partial charge in [-0.3, -0.25) is 4.79 Å². The molecule has 0 fully saturated rings. The molecule has 0 aliphatic heterocycles.